The van der Waals surface area contributed by atoms with Gasteiger partial charge < -0.3 is 24.5 Å². The van der Waals surface area contributed by atoms with Crippen LogP contribution < -0.4 is 20.1 Å². The van der Waals surface area contributed by atoms with E-state index in [-0.39, 0.29) is 18.1 Å². The highest BCUT2D eigenvalue weighted by Crippen LogP contribution is 2.34. The number of anilines is 2. The summed E-state index contributed by atoms with van der Waals surface area (Å²) in [4.78, 5) is 25.9. The van der Waals surface area contributed by atoms with Gasteiger partial charge in [0.2, 0.25) is 11.7 Å². The van der Waals surface area contributed by atoms with E-state index in [1.54, 1.807) is 43.5 Å². The lowest BCUT2D eigenvalue weighted by molar-refractivity contribution is -0.116. The summed E-state index contributed by atoms with van der Waals surface area (Å²) in [6.07, 6.45) is 0.865. The number of amides is 2. The second-order valence-electron chi connectivity index (χ2n) is 7.36. The van der Waals surface area contributed by atoms with Crippen molar-refractivity contribution >= 4 is 34.2 Å². The lowest BCUT2D eigenvalue weighted by Gasteiger charge is -2.12. The molecule has 3 aromatic carbocycles. The summed E-state index contributed by atoms with van der Waals surface area (Å²) < 4.78 is 16.4. The van der Waals surface area contributed by atoms with E-state index in [9.17, 15) is 9.59 Å². The van der Waals surface area contributed by atoms with Gasteiger partial charge in [-0.05, 0) is 36.2 Å². The van der Waals surface area contributed by atoms with E-state index in [1.807, 2.05) is 36.4 Å². The number of ether oxygens (including phenoxy) is 2. The average molecular weight is 444 g/mol. The molecule has 0 aliphatic carbocycles. The van der Waals surface area contributed by atoms with Gasteiger partial charge in [0.15, 0.2) is 0 Å². The molecule has 2 N–H and O–H groups in total. The number of furan rings is 1. The summed E-state index contributed by atoms with van der Waals surface area (Å²) in [5.41, 5.74) is 2.36. The molecular formula is C26H24N2O5. The van der Waals surface area contributed by atoms with Crippen LogP contribution in [-0.2, 0) is 11.2 Å². The van der Waals surface area contributed by atoms with Gasteiger partial charge in [-0.25, -0.2) is 0 Å². The van der Waals surface area contributed by atoms with Crippen LogP contribution in [0, 0.1) is 0 Å². The summed E-state index contributed by atoms with van der Waals surface area (Å²) in [5.74, 6) is 0.337. The summed E-state index contributed by atoms with van der Waals surface area (Å²) in [7, 11) is 3.05. The molecule has 7 heteroatoms. The van der Waals surface area contributed by atoms with Crippen molar-refractivity contribution in [3.8, 4) is 11.5 Å². The van der Waals surface area contributed by atoms with E-state index in [1.165, 1.54) is 7.11 Å². The van der Waals surface area contributed by atoms with Crippen LogP contribution >= 0.6 is 0 Å². The van der Waals surface area contributed by atoms with Crippen molar-refractivity contribution in [3.05, 3.63) is 84.1 Å². The Balaban J connectivity index is 1.58. The van der Waals surface area contributed by atoms with Crippen molar-refractivity contribution in [2.45, 2.75) is 12.8 Å². The Bertz CT molecular complexity index is 1280. The van der Waals surface area contributed by atoms with E-state index in [4.69, 9.17) is 13.9 Å². The molecular weight excluding hydrogens is 420 g/mol. The van der Waals surface area contributed by atoms with E-state index in [0.29, 0.717) is 40.3 Å². The fourth-order valence-electron chi connectivity index (χ4n) is 3.51. The number of carbonyl (C=O) groups is 2. The third-order valence-corrected chi connectivity index (χ3v) is 5.21. The molecule has 0 unspecified atom stereocenters. The fraction of sp³-hybridized carbons (Fsp3) is 0.154. The van der Waals surface area contributed by atoms with Crippen molar-refractivity contribution in [1.82, 2.24) is 0 Å². The van der Waals surface area contributed by atoms with Crippen LogP contribution in [0.15, 0.2) is 77.2 Å². The van der Waals surface area contributed by atoms with E-state index in [2.05, 4.69) is 10.6 Å². The summed E-state index contributed by atoms with van der Waals surface area (Å²) in [6, 6.07) is 22.0. The molecule has 0 fully saturated rings. The van der Waals surface area contributed by atoms with Gasteiger partial charge in [-0.3, -0.25) is 9.59 Å². The molecule has 1 aromatic heterocycles. The van der Waals surface area contributed by atoms with Crippen molar-refractivity contribution in [2.24, 2.45) is 0 Å². The van der Waals surface area contributed by atoms with Gasteiger partial charge in [0.05, 0.1) is 19.9 Å². The Hall–Kier alpha value is -4.26. The Morgan fingerprint density at radius 3 is 2.39 bits per heavy atom. The first-order valence-corrected chi connectivity index (χ1v) is 10.5. The number of para-hydroxylation sites is 1. The van der Waals surface area contributed by atoms with Gasteiger partial charge in [-0.2, -0.15) is 0 Å². The molecule has 0 spiro atoms. The van der Waals surface area contributed by atoms with Gasteiger partial charge in [0, 0.05) is 17.9 Å². The second-order valence-corrected chi connectivity index (χ2v) is 7.36. The summed E-state index contributed by atoms with van der Waals surface area (Å²) >= 11 is 0. The summed E-state index contributed by atoms with van der Waals surface area (Å²) in [5, 5.41) is 6.32. The van der Waals surface area contributed by atoms with Crippen LogP contribution in [0.5, 0.6) is 11.5 Å². The second kappa shape index (κ2) is 9.91. The highest BCUT2D eigenvalue weighted by molar-refractivity contribution is 6.14. The monoisotopic (exact) mass is 444 g/mol. The molecule has 168 valence electrons. The van der Waals surface area contributed by atoms with E-state index < -0.39 is 5.91 Å². The number of hydrogen-bond donors (Lipinski definition) is 2. The number of rotatable bonds is 8. The standard InChI is InChI=1S/C26H24N2O5/c1-31-18-13-14-20(22(16-18)32-2)27-26(30)25-24(19-10-6-7-11-21(19)33-25)28-23(29)15-12-17-8-4-3-5-9-17/h3-11,13-14,16H,12,15H2,1-2H3,(H,27,30)(H,28,29). The highest BCUT2D eigenvalue weighted by Gasteiger charge is 2.23. The number of methoxy groups -OCH3 is 2. The van der Waals surface area contributed by atoms with Gasteiger partial charge in [-0.15, -0.1) is 0 Å². The maximum Gasteiger partial charge on any atom is 0.293 e. The quantitative estimate of drug-likeness (QED) is 0.386. The molecule has 1 heterocycles. The zero-order valence-electron chi connectivity index (χ0n) is 18.4. The van der Waals surface area contributed by atoms with Crippen molar-refractivity contribution < 1.29 is 23.5 Å². The van der Waals surface area contributed by atoms with Crippen LogP contribution in [0.25, 0.3) is 11.0 Å². The maximum atomic E-state index is 13.1. The summed E-state index contributed by atoms with van der Waals surface area (Å²) in [6.45, 7) is 0. The van der Waals surface area contributed by atoms with Crippen molar-refractivity contribution in [1.29, 1.82) is 0 Å². The number of nitrogens with one attached hydrogen (secondary N) is 2. The lowest BCUT2D eigenvalue weighted by atomic mass is 10.1. The molecule has 0 bridgehead atoms. The first kappa shape index (κ1) is 22.0. The fourth-order valence-corrected chi connectivity index (χ4v) is 3.51. The zero-order chi connectivity index (χ0) is 23.2. The Morgan fingerprint density at radius 2 is 1.64 bits per heavy atom. The van der Waals surface area contributed by atoms with Crippen molar-refractivity contribution in [2.75, 3.05) is 24.9 Å². The molecule has 4 aromatic rings. The third-order valence-electron chi connectivity index (χ3n) is 5.21. The predicted octanol–water partition coefficient (Wildman–Crippen LogP) is 5.27. The number of aryl methyl sites for hydroxylation is 1. The van der Waals surface area contributed by atoms with Crippen LogP contribution in [-0.4, -0.2) is 26.0 Å². The highest BCUT2D eigenvalue weighted by atomic mass is 16.5. The van der Waals surface area contributed by atoms with Crippen molar-refractivity contribution in [3.63, 3.8) is 0 Å². The molecule has 0 atom stereocenters. The Kier molecular flexibility index (Phi) is 6.59. The molecule has 7 nitrogen and oxygen atoms in total. The maximum absolute atomic E-state index is 13.1. The van der Waals surface area contributed by atoms with Crippen LogP contribution in [0.2, 0.25) is 0 Å². The smallest absolute Gasteiger partial charge is 0.293 e. The molecule has 0 saturated heterocycles. The van der Waals surface area contributed by atoms with Gasteiger partial charge in [0.25, 0.3) is 5.91 Å². The minimum absolute atomic E-state index is 0.0159. The van der Waals surface area contributed by atoms with Crippen LogP contribution in [0.1, 0.15) is 22.5 Å². The largest absolute Gasteiger partial charge is 0.497 e. The van der Waals surface area contributed by atoms with E-state index >= 15 is 0 Å². The molecule has 0 aliphatic rings. The Labute approximate surface area is 191 Å². The number of carbonyl (C=O) groups excluding carboxylic acids is 2. The Morgan fingerprint density at radius 1 is 0.879 bits per heavy atom. The first-order chi connectivity index (χ1) is 16.1. The minimum atomic E-state index is -0.506. The lowest BCUT2D eigenvalue weighted by Crippen LogP contribution is -2.17. The number of fused-ring (bicyclic) bond motifs is 1. The molecule has 4 rings (SSSR count). The zero-order valence-corrected chi connectivity index (χ0v) is 18.4. The first-order valence-electron chi connectivity index (χ1n) is 10.5. The predicted molar refractivity (Wildman–Crippen MR) is 127 cm³/mol. The average Bonchev–Trinajstić information content (AvgIpc) is 3.22. The normalized spacial score (nSPS) is 10.6. The van der Waals surface area contributed by atoms with E-state index in [0.717, 1.165) is 5.56 Å². The van der Waals surface area contributed by atoms with Gasteiger partial charge in [-0.1, -0.05) is 42.5 Å². The molecule has 33 heavy (non-hydrogen) atoms. The minimum Gasteiger partial charge on any atom is -0.497 e. The molecule has 2 amide bonds. The van der Waals surface area contributed by atoms with Crippen LogP contribution in [0.4, 0.5) is 11.4 Å². The number of hydrogen-bond acceptors (Lipinski definition) is 5. The topological polar surface area (TPSA) is 89.8 Å². The van der Waals surface area contributed by atoms with Crippen LogP contribution in [0.3, 0.4) is 0 Å². The van der Waals surface area contributed by atoms with Gasteiger partial charge in [0.1, 0.15) is 22.8 Å². The molecule has 0 aliphatic heterocycles. The third kappa shape index (κ3) is 4.98. The number of benzene rings is 3. The molecule has 0 radical (unpaired) electrons. The van der Waals surface area contributed by atoms with Gasteiger partial charge >= 0.3 is 0 Å². The SMILES string of the molecule is COc1ccc(NC(=O)c2oc3ccccc3c2NC(=O)CCc2ccccc2)c(OC)c1. The molecule has 0 saturated carbocycles.